The Morgan fingerprint density at radius 3 is 1.50 bits per heavy atom. The third kappa shape index (κ3) is 5.23. The zero-order valence-electron chi connectivity index (χ0n) is 8.20. The molecule has 0 aliphatic rings. The van der Waals surface area contributed by atoms with Crippen LogP contribution in [0.3, 0.4) is 0 Å². The molecule has 0 amide bonds. The van der Waals surface area contributed by atoms with Gasteiger partial charge in [0.05, 0.1) is 0 Å². The molecule has 0 aromatic carbocycles. The molecule has 0 aromatic rings. The molecule has 0 nitrogen and oxygen atoms in total. The van der Waals surface area contributed by atoms with Gasteiger partial charge in [-0.2, -0.15) is 0 Å². The average Bonchev–Trinajstić information content (AvgIpc) is 1.81. The van der Waals surface area contributed by atoms with Crippen LogP contribution in [0, 0.1) is 5.92 Å². The number of hydrogen-bond donors (Lipinski definition) is 0. The predicted octanol–water partition coefficient (Wildman–Crippen LogP) is 3.06. The summed E-state index contributed by atoms with van der Waals surface area (Å²) in [7, 11) is -0.762. The quantitative estimate of drug-likeness (QED) is 0.557. The average molecular weight is 162 g/mol. The molecule has 0 atom stereocenters. The first-order chi connectivity index (χ1) is 4.49. The molecule has 1 heteroatoms. The third-order valence-electron chi connectivity index (χ3n) is 2.06. The molecule has 64 valence electrons. The standard InChI is InChI=1S/C9H23P/c1-6-9(7-2)8-10(3,4)5/h9-10H,6-8H2,1-5H3. The van der Waals surface area contributed by atoms with Crippen LogP contribution in [0.25, 0.3) is 0 Å². The summed E-state index contributed by atoms with van der Waals surface area (Å²) in [5.74, 6) is 1.01. The van der Waals surface area contributed by atoms with Crippen LogP contribution in [0.1, 0.15) is 26.7 Å². The summed E-state index contributed by atoms with van der Waals surface area (Å²) < 4.78 is 0. The van der Waals surface area contributed by atoms with Crippen molar-refractivity contribution in [3.8, 4) is 0 Å². The van der Waals surface area contributed by atoms with E-state index in [0.717, 1.165) is 5.92 Å². The van der Waals surface area contributed by atoms with E-state index in [1.807, 2.05) is 0 Å². The molecule has 0 bridgehead atoms. The van der Waals surface area contributed by atoms with Gasteiger partial charge < -0.3 is 0 Å². The monoisotopic (exact) mass is 162 g/mol. The summed E-state index contributed by atoms with van der Waals surface area (Å²) in [4.78, 5) is 0. The first kappa shape index (κ1) is 10.4. The van der Waals surface area contributed by atoms with Crippen LogP contribution in [0.4, 0.5) is 0 Å². The van der Waals surface area contributed by atoms with Crippen molar-refractivity contribution in [3.63, 3.8) is 0 Å². The maximum absolute atomic E-state index is 2.46. The first-order valence-corrected chi connectivity index (χ1v) is 8.20. The molecule has 0 saturated heterocycles. The van der Waals surface area contributed by atoms with Crippen molar-refractivity contribution < 1.29 is 0 Å². The minimum atomic E-state index is -0.762. The zero-order valence-corrected chi connectivity index (χ0v) is 9.20. The Labute approximate surface area is 66.7 Å². The Balaban J connectivity index is 3.63. The van der Waals surface area contributed by atoms with Crippen molar-refractivity contribution in [1.29, 1.82) is 0 Å². The van der Waals surface area contributed by atoms with Crippen molar-refractivity contribution in [2.75, 3.05) is 26.2 Å². The van der Waals surface area contributed by atoms with E-state index >= 15 is 0 Å². The molecule has 0 fully saturated rings. The van der Waals surface area contributed by atoms with Crippen LogP contribution >= 0.6 is 7.26 Å². The van der Waals surface area contributed by atoms with E-state index in [9.17, 15) is 0 Å². The summed E-state index contributed by atoms with van der Waals surface area (Å²) in [6, 6.07) is 0. The van der Waals surface area contributed by atoms with Crippen LogP contribution in [0.5, 0.6) is 0 Å². The van der Waals surface area contributed by atoms with Gasteiger partial charge in [-0.15, -0.1) is 0 Å². The van der Waals surface area contributed by atoms with Crippen molar-refractivity contribution in [1.82, 2.24) is 0 Å². The van der Waals surface area contributed by atoms with E-state index in [1.54, 1.807) is 0 Å². The predicted molar refractivity (Wildman–Crippen MR) is 55.0 cm³/mol. The second-order valence-electron chi connectivity index (χ2n) is 4.45. The van der Waals surface area contributed by atoms with Gasteiger partial charge in [-0.05, 0) is 0 Å². The van der Waals surface area contributed by atoms with E-state index in [4.69, 9.17) is 0 Å². The van der Waals surface area contributed by atoms with Gasteiger partial charge in [0.15, 0.2) is 0 Å². The Bertz CT molecular complexity index is 77.2. The molecule has 0 rings (SSSR count). The summed E-state index contributed by atoms with van der Waals surface area (Å²) in [6.07, 6.45) is 4.27. The Morgan fingerprint density at radius 2 is 1.40 bits per heavy atom. The van der Waals surface area contributed by atoms with Gasteiger partial charge in [0, 0.05) is 0 Å². The molecule has 0 unspecified atom stereocenters. The molecule has 10 heavy (non-hydrogen) atoms. The molecule has 0 radical (unpaired) electrons. The van der Waals surface area contributed by atoms with E-state index < -0.39 is 7.26 Å². The first-order valence-electron chi connectivity index (χ1n) is 4.49. The SMILES string of the molecule is CCC(CC)C[PH](C)(C)C. The van der Waals surface area contributed by atoms with E-state index in [-0.39, 0.29) is 0 Å². The molecule has 0 aliphatic carbocycles. The fraction of sp³-hybridized carbons (Fsp3) is 1.00. The van der Waals surface area contributed by atoms with Gasteiger partial charge in [0.1, 0.15) is 0 Å². The second-order valence-corrected chi connectivity index (χ2v) is 9.98. The zero-order chi connectivity index (χ0) is 8.20. The van der Waals surface area contributed by atoms with Crippen LogP contribution in [0.15, 0.2) is 0 Å². The summed E-state index contributed by atoms with van der Waals surface area (Å²) >= 11 is 0. The van der Waals surface area contributed by atoms with Crippen LogP contribution in [-0.2, 0) is 0 Å². The van der Waals surface area contributed by atoms with Gasteiger partial charge in [0.25, 0.3) is 0 Å². The van der Waals surface area contributed by atoms with Gasteiger partial charge in [-0.1, -0.05) is 0 Å². The van der Waals surface area contributed by atoms with Gasteiger partial charge >= 0.3 is 66.0 Å². The summed E-state index contributed by atoms with van der Waals surface area (Å²) in [6.45, 7) is 12.0. The molecule has 0 spiro atoms. The fourth-order valence-corrected chi connectivity index (χ4v) is 3.75. The summed E-state index contributed by atoms with van der Waals surface area (Å²) in [5.41, 5.74) is 0. The van der Waals surface area contributed by atoms with Crippen LogP contribution in [-0.4, -0.2) is 26.2 Å². The Kier molecular flexibility index (Phi) is 4.52. The second kappa shape index (κ2) is 4.34. The van der Waals surface area contributed by atoms with Gasteiger partial charge in [-0.3, -0.25) is 0 Å². The molecule has 0 aliphatic heterocycles. The van der Waals surface area contributed by atoms with Crippen molar-refractivity contribution in [3.05, 3.63) is 0 Å². The van der Waals surface area contributed by atoms with Crippen molar-refractivity contribution in [2.45, 2.75) is 26.7 Å². The summed E-state index contributed by atoms with van der Waals surface area (Å²) in [5, 5.41) is 0. The normalized spacial score (nSPS) is 14.2. The Hall–Kier alpha value is 0.430. The third-order valence-corrected chi connectivity index (χ3v) is 3.86. The van der Waals surface area contributed by atoms with Crippen molar-refractivity contribution in [2.24, 2.45) is 5.92 Å². The fourth-order valence-electron chi connectivity index (χ4n) is 1.44. The van der Waals surface area contributed by atoms with Gasteiger partial charge in [-0.25, -0.2) is 0 Å². The molecule has 0 aromatic heterocycles. The van der Waals surface area contributed by atoms with Crippen LogP contribution < -0.4 is 0 Å². The van der Waals surface area contributed by atoms with E-state index in [1.165, 1.54) is 19.0 Å². The molecule has 0 N–H and O–H groups in total. The number of rotatable bonds is 4. The van der Waals surface area contributed by atoms with Gasteiger partial charge in [0.2, 0.25) is 0 Å². The van der Waals surface area contributed by atoms with E-state index in [0.29, 0.717) is 0 Å². The maximum atomic E-state index is 2.46. The number of hydrogen-bond acceptors (Lipinski definition) is 0. The van der Waals surface area contributed by atoms with E-state index in [2.05, 4.69) is 33.8 Å². The molecule has 0 saturated carbocycles. The minimum absolute atomic E-state index is 0.762. The molecule has 0 heterocycles. The van der Waals surface area contributed by atoms with Crippen molar-refractivity contribution >= 4 is 7.26 Å². The molecular formula is C9H23P. The topological polar surface area (TPSA) is 0 Å². The van der Waals surface area contributed by atoms with Crippen LogP contribution in [0.2, 0.25) is 0 Å². The Morgan fingerprint density at radius 1 is 1.00 bits per heavy atom. The molecular weight excluding hydrogens is 139 g/mol.